The Balaban J connectivity index is 1.86. The zero-order valence-electron chi connectivity index (χ0n) is 15.1. The van der Waals surface area contributed by atoms with Crippen LogP contribution in [-0.4, -0.2) is 36.7 Å². The third-order valence-electron chi connectivity index (χ3n) is 4.39. The van der Waals surface area contributed by atoms with Gasteiger partial charge in [-0.1, -0.05) is 0 Å². The first-order valence-corrected chi connectivity index (χ1v) is 8.43. The second-order valence-electron chi connectivity index (χ2n) is 7.70. The number of hydrogen-bond donors (Lipinski definition) is 1. The van der Waals surface area contributed by atoms with Gasteiger partial charge in [-0.2, -0.15) is 0 Å². The molecule has 1 atom stereocenters. The van der Waals surface area contributed by atoms with Gasteiger partial charge in [-0.05, 0) is 65.9 Å². The predicted molar refractivity (Wildman–Crippen MR) is 95.6 cm³/mol. The summed E-state index contributed by atoms with van der Waals surface area (Å²) < 4.78 is 11.3. The highest BCUT2D eigenvalue weighted by Crippen LogP contribution is 2.34. The number of benzene rings is 1. The van der Waals surface area contributed by atoms with Crippen LogP contribution in [0.25, 0.3) is 11.0 Å². The van der Waals surface area contributed by atoms with E-state index in [1.165, 1.54) is 5.56 Å². The van der Waals surface area contributed by atoms with Crippen molar-refractivity contribution in [3.63, 3.8) is 0 Å². The van der Waals surface area contributed by atoms with Crippen molar-refractivity contribution in [3.05, 3.63) is 29.5 Å². The number of amides is 1. The normalized spacial score (nSPS) is 17.8. The number of ether oxygens (including phenoxy) is 1. The highest BCUT2D eigenvalue weighted by molar-refractivity contribution is 5.91. The number of furan rings is 1. The lowest BCUT2D eigenvalue weighted by molar-refractivity contribution is 0.0636. The minimum absolute atomic E-state index is 0.439. The number of likely N-dealkylation sites (N-methyl/N-ethyl adjacent to an activating group) is 1. The zero-order chi connectivity index (χ0) is 17.5. The fourth-order valence-corrected chi connectivity index (χ4v) is 3.20. The molecule has 5 nitrogen and oxygen atoms in total. The highest BCUT2D eigenvalue weighted by Gasteiger charge is 2.25. The topological polar surface area (TPSA) is 54.7 Å². The Morgan fingerprint density at radius 1 is 1.33 bits per heavy atom. The Morgan fingerprint density at radius 3 is 2.75 bits per heavy atom. The molecular formula is C19H26N2O3. The van der Waals surface area contributed by atoms with Gasteiger partial charge < -0.3 is 14.1 Å². The van der Waals surface area contributed by atoms with E-state index in [1.807, 2.05) is 39.0 Å². The van der Waals surface area contributed by atoms with E-state index < -0.39 is 11.7 Å². The van der Waals surface area contributed by atoms with Gasteiger partial charge in [0.15, 0.2) is 0 Å². The first-order chi connectivity index (χ1) is 11.2. The Kier molecular flexibility index (Phi) is 4.30. The summed E-state index contributed by atoms with van der Waals surface area (Å²) in [5, 5.41) is 3.90. The van der Waals surface area contributed by atoms with Crippen molar-refractivity contribution in [3.8, 4) is 0 Å². The molecule has 24 heavy (non-hydrogen) atoms. The van der Waals surface area contributed by atoms with Gasteiger partial charge in [0.2, 0.25) is 0 Å². The Morgan fingerprint density at radius 2 is 2.08 bits per heavy atom. The number of nitrogens with zero attached hydrogens (tertiary/aromatic N) is 1. The van der Waals surface area contributed by atoms with Gasteiger partial charge in [0.25, 0.3) is 0 Å². The van der Waals surface area contributed by atoms with E-state index >= 15 is 0 Å². The number of anilines is 1. The molecule has 3 rings (SSSR count). The van der Waals surface area contributed by atoms with E-state index in [1.54, 1.807) is 0 Å². The maximum Gasteiger partial charge on any atom is 0.412 e. The standard InChI is InChI=1S/C19H26N2O3/c1-19(2,3)24-18(22)20-12-6-8-16-14(10-12)15-11-13(21(4)5)7-9-17(15)23-16/h6,8,10,13H,7,9,11H2,1-5H3,(H,20,22). The van der Waals surface area contributed by atoms with Crippen molar-refractivity contribution in [2.75, 3.05) is 19.4 Å². The van der Waals surface area contributed by atoms with Gasteiger partial charge in [-0.3, -0.25) is 5.32 Å². The molecule has 1 N–H and O–H groups in total. The van der Waals surface area contributed by atoms with Crippen LogP contribution in [0.4, 0.5) is 10.5 Å². The SMILES string of the molecule is CN(C)C1CCc2oc3ccc(NC(=O)OC(C)(C)C)cc3c2C1. The second kappa shape index (κ2) is 6.13. The summed E-state index contributed by atoms with van der Waals surface area (Å²) in [5.74, 6) is 1.08. The largest absolute Gasteiger partial charge is 0.461 e. The molecule has 1 aliphatic carbocycles. The molecule has 5 heteroatoms. The number of fused-ring (bicyclic) bond motifs is 3. The first kappa shape index (κ1) is 16.8. The van der Waals surface area contributed by atoms with Crippen LogP contribution in [0.2, 0.25) is 0 Å². The van der Waals surface area contributed by atoms with Crippen LogP contribution in [0, 0.1) is 0 Å². The van der Waals surface area contributed by atoms with E-state index in [9.17, 15) is 4.79 Å². The molecule has 1 amide bonds. The summed E-state index contributed by atoms with van der Waals surface area (Å²) in [4.78, 5) is 14.2. The molecule has 1 unspecified atom stereocenters. The molecule has 0 fully saturated rings. The second-order valence-corrected chi connectivity index (χ2v) is 7.70. The molecule has 0 spiro atoms. The lowest BCUT2D eigenvalue weighted by Crippen LogP contribution is -2.33. The number of carbonyl (C=O) groups excluding carboxylic acids is 1. The molecule has 1 heterocycles. The van der Waals surface area contributed by atoms with E-state index in [-0.39, 0.29) is 0 Å². The molecule has 0 saturated heterocycles. The summed E-state index contributed by atoms with van der Waals surface area (Å²) in [6, 6.07) is 6.29. The molecule has 1 aromatic carbocycles. The van der Waals surface area contributed by atoms with Crippen molar-refractivity contribution in [1.82, 2.24) is 4.90 Å². The molecule has 0 saturated carbocycles. The van der Waals surface area contributed by atoms with Crippen molar-refractivity contribution >= 4 is 22.7 Å². The van der Waals surface area contributed by atoms with Crippen molar-refractivity contribution in [1.29, 1.82) is 0 Å². The average molecular weight is 330 g/mol. The zero-order valence-corrected chi connectivity index (χ0v) is 15.1. The van der Waals surface area contributed by atoms with Gasteiger partial charge in [-0.15, -0.1) is 0 Å². The lowest BCUT2D eigenvalue weighted by atomic mass is 9.91. The minimum Gasteiger partial charge on any atom is -0.461 e. The van der Waals surface area contributed by atoms with Crippen molar-refractivity contribution in [2.24, 2.45) is 0 Å². The molecule has 0 bridgehead atoms. The van der Waals surface area contributed by atoms with Crippen LogP contribution in [0.15, 0.2) is 22.6 Å². The quantitative estimate of drug-likeness (QED) is 0.896. The summed E-state index contributed by atoms with van der Waals surface area (Å²) in [5.41, 5.74) is 2.37. The van der Waals surface area contributed by atoms with Crippen LogP contribution in [-0.2, 0) is 17.6 Å². The van der Waals surface area contributed by atoms with E-state index in [4.69, 9.17) is 9.15 Å². The fraction of sp³-hybridized carbons (Fsp3) is 0.526. The summed E-state index contributed by atoms with van der Waals surface area (Å²) in [6.07, 6.45) is 2.61. The molecular weight excluding hydrogens is 304 g/mol. The molecule has 2 aromatic rings. The van der Waals surface area contributed by atoms with Gasteiger partial charge >= 0.3 is 6.09 Å². The van der Waals surface area contributed by atoms with Gasteiger partial charge in [-0.25, -0.2) is 4.79 Å². The summed E-state index contributed by atoms with van der Waals surface area (Å²) >= 11 is 0. The van der Waals surface area contributed by atoms with Gasteiger partial charge in [0.1, 0.15) is 16.9 Å². The molecule has 1 aliphatic rings. The average Bonchev–Trinajstić information content (AvgIpc) is 2.82. The summed E-state index contributed by atoms with van der Waals surface area (Å²) in [6.45, 7) is 5.55. The van der Waals surface area contributed by atoms with Crippen molar-refractivity contribution in [2.45, 2.75) is 51.7 Å². The maximum atomic E-state index is 12.0. The molecule has 1 aromatic heterocycles. The Labute approximate surface area is 143 Å². The maximum absolute atomic E-state index is 12.0. The van der Waals surface area contributed by atoms with Crippen LogP contribution >= 0.6 is 0 Å². The van der Waals surface area contributed by atoms with Crippen LogP contribution in [0.3, 0.4) is 0 Å². The third-order valence-corrected chi connectivity index (χ3v) is 4.39. The minimum atomic E-state index is -0.512. The number of rotatable bonds is 2. The predicted octanol–water partition coefficient (Wildman–Crippen LogP) is 4.20. The smallest absolute Gasteiger partial charge is 0.412 e. The van der Waals surface area contributed by atoms with Crippen LogP contribution in [0.1, 0.15) is 38.5 Å². The van der Waals surface area contributed by atoms with Gasteiger partial charge in [0, 0.05) is 29.1 Å². The third kappa shape index (κ3) is 3.56. The van der Waals surface area contributed by atoms with E-state index in [0.717, 1.165) is 41.7 Å². The molecule has 0 aliphatic heterocycles. The van der Waals surface area contributed by atoms with E-state index in [2.05, 4.69) is 24.3 Å². The Bertz CT molecular complexity index is 756. The monoisotopic (exact) mass is 330 g/mol. The molecule has 0 radical (unpaired) electrons. The number of aryl methyl sites for hydroxylation is 1. The Hall–Kier alpha value is -2.01. The van der Waals surface area contributed by atoms with E-state index in [0.29, 0.717) is 6.04 Å². The molecule has 130 valence electrons. The van der Waals surface area contributed by atoms with Crippen LogP contribution in [0.5, 0.6) is 0 Å². The van der Waals surface area contributed by atoms with Gasteiger partial charge in [0.05, 0.1) is 0 Å². The fourth-order valence-electron chi connectivity index (χ4n) is 3.20. The summed E-state index contributed by atoms with van der Waals surface area (Å²) in [7, 11) is 4.24. The number of carbonyl (C=O) groups is 1. The first-order valence-electron chi connectivity index (χ1n) is 8.43. The van der Waals surface area contributed by atoms with Crippen molar-refractivity contribution < 1.29 is 13.9 Å². The number of nitrogens with one attached hydrogen (secondary N) is 1. The lowest BCUT2D eigenvalue weighted by Gasteiger charge is -2.27. The number of hydrogen-bond acceptors (Lipinski definition) is 4. The van der Waals surface area contributed by atoms with Crippen LogP contribution < -0.4 is 5.32 Å². The highest BCUT2D eigenvalue weighted by atomic mass is 16.6.